The van der Waals surface area contributed by atoms with Crippen molar-refractivity contribution in [3.05, 3.63) is 63.4 Å². The zero-order chi connectivity index (χ0) is 14.7. The number of aryl methyl sites for hydroxylation is 1. The Morgan fingerprint density at radius 3 is 2.60 bits per heavy atom. The zero-order valence-corrected chi connectivity index (χ0v) is 12.9. The molecule has 0 spiro atoms. The minimum Gasteiger partial charge on any atom is -0.496 e. The van der Waals surface area contributed by atoms with Gasteiger partial charge in [-0.1, -0.05) is 28.1 Å². The van der Waals surface area contributed by atoms with Crippen molar-refractivity contribution >= 4 is 15.9 Å². The predicted octanol–water partition coefficient (Wildman–Crippen LogP) is 3.46. The average molecular weight is 339 g/mol. The normalized spacial score (nSPS) is 12.2. The van der Waals surface area contributed by atoms with Gasteiger partial charge in [0.15, 0.2) is 0 Å². The fourth-order valence-electron chi connectivity index (χ4n) is 2.09. The third-order valence-electron chi connectivity index (χ3n) is 3.20. The second-order valence-corrected chi connectivity index (χ2v) is 5.35. The lowest BCUT2D eigenvalue weighted by molar-refractivity contribution is 0.402. The maximum atomic E-state index is 13.5. The van der Waals surface area contributed by atoms with Gasteiger partial charge in [0.25, 0.3) is 0 Å². The molecule has 0 bridgehead atoms. The molecule has 0 aliphatic carbocycles. The summed E-state index contributed by atoms with van der Waals surface area (Å²) in [4.78, 5) is 0. The molecule has 1 atom stereocenters. The highest BCUT2D eigenvalue weighted by Crippen LogP contribution is 2.32. The number of methoxy groups -OCH3 is 1. The van der Waals surface area contributed by atoms with E-state index in [4.69, 9.17) is 10.6 Å². The monoisotopic (exact) mass is 338 g/mol. The number of ether oxygens (including phenoxy) is 1. The van der Waals surface area contributed by atoms with E-state index in [1.165, 1.54) is 12.1 Å². The molecule has 0 heterocycles. The number of hydrazine groups is 1. The van der Waals surface area contributed by atoms with Crippen molar-refractivity contribution in [2.24, 2.45) is 5.84 Å². The van der Waals surface area contributed by atoms with Gasteiger partial charge in [0.1, 0.15) is 11.6 Å². The molecule has 0 aliphatic rings. The summed E-state index contributed by atoms with van der Waals surface area (Å²) in [6.45, 7) is 2.00. The quantitative estimate of drug-likeness (QED) is 0.663. The minimum atomic E-state index is -0.349. The van der Waals surface area contributed by atoms with E-state index in [0.717, 1.165) is 15.6 Å². The summed E-state index contributed by atoms with van der Waals surface area (Å²) in [7, 11) is 1.55. The summed E-state index contributed by atoms with van der Waals surface area (Å²) in [5.74, 6) is 5.92. The molecule has 0 aliphatic heterocycles. The van der Waals surface area contributed by atoms with Crippen molar-refractivity contribution in [1.29, 1.82) is 0 Å². The summed E-state index contributed by atoms with van der Waals surface area (Å²) in [6.07, 6.45) is 0. The molecule has 3 nitrogen and oxygen atoms in total. The summed E-state index contributed by atoms with van der Waals surface area (Å²) in [5, 5.41) is 0. The van der Waals surface area contributed by atoms with Crippen LogP contribution in [0.4, 0.5) is 4.39 Å². The Kier molecular flexibility index (Phi) is 4.75. The van der Waals surface area contributed by atoms with E-state index in [2.05, 4.69) is 21.4 Å². The Balaban J connectivity index is 2.51. The van der Waals surface area contributed by atoms with Crippen LogP contribution >= 0.6 is 15.9 Å². The number of hydrogen-bond acceptors (Lipinski definition) is 3. The molecule has 0 saturated heterocycles. The Hall–Kier alpha value is -1.43. The number of nitrogens with two attached hydrogens (primary N) is 1. The second kappa shape index (κ2) is 6.35. The van der Waals surface area contributed by atoms with E-state index in [-0.39, 0.29) is 11.9 Å². The standard InChI is InChI=1S/C15H16BrFN2O/c1-9-3-4-10(7-13(9)16)15(19-18)12-8-11(17)5-6-14(12)20-2/h3-8,15,19H,18H2,1-2H3. The molecule has 0 fully saturated rings. The Morgan fingerprint density at radius 1 is 1.25 bits per heavy atom. The summed E-state index contributed by atoms with van der Waals surface area (Å²) in [6, 6.07) is 9.93. The van der Waals surface area contributed by atoms with Crippen LogP contribution in [0.25, 0.3) is 0 Å². The van der Waals surface area contributed by atoms with Gasteiger partial charge in [-0.2, -0.15) is 0 Å². The predicted molar refractivity (Wildman–Crippen MR) is 81.0 cm³/mol. The minimum absolute atomic E-state index is 0.327. The molecule has 2 rings (SSSR count). The first-order chi connectivity index (χ1) is 9.56. The summed E-state index contributed by atoms with van der Waals surface area (Å²) < 4.78 is 19.8. The van der Waals surface area contributed by atoms with Gasteiger partial charge in [0.2, 0.25) is 0 Å². The third kappa shape index (κ3) is 3.00. The molecule has 0 aromatic heterocycles. The number of rotatable bonds is 4. The van der Waals surface area contributed by atoms with Gasteiger partial charge < -0.3 is 4.74 Å². The smallest absolute Gasteiger partial charge is 0.124 e. The number of hydrogen-bond donors (Lipinski definition) is 2. The van der Waals surface area contributed by atoms with Gasteiger partial charge in [0.05, 0.1) is 13.2 Å². The highest BCUT2D eigenvalue weighted by molar-refractivity contribution is 9.10. The van der Waals surface area contributed by atoms with E-state index in [0.29, 0.717) is 11.3 Å². The van der Waals surface area contributed by atoms with Gasteiger partial charge in [-0.25, -0.2) is 9.82 Å². The fourth-order valence-corrected chi connectivity index (χ4v) is 2.48. The fraction of sp³-hybridized carbons (Fsp3) is 0.200. The first-order valence-corrected chi connectivity index (χ1v) is 6.91. The highest BCUT2D eigenvalue weighted by Gasteiger charge is 2.18. The molecular formula is C15H16BrFN2O. The van der Waals surface area contributed by atoms with E-state index < -0.39 is 0 Å². The van der Waals surface area contributed by atoms with Crippen molar-refractivity contribution in [2.45, 2.75) is 13.0 Å². The number of halogens is 2. The van der Waals surface area contributed by atoms with Crippen LogP contribution in [0.15, 0.2) is 40.9 Å². The number of benzene rings is 2. The third-order valence-corrected chi connectivity index (χ3v) is 4.05. The van der Waals surface area contributed by atoms with Crippen LogP contribution in [0.3, 0.4) is 0 Å². The molecular weight excluding hydrogens is 323 g/mol. The molecule has 5 heteroatoms. The Bertz CT molecular complexity index is 619. The zero-order valence-electron chi connectivity index (χ0n) is 11.3. The van der Waals surface area contributed by atoms with Gasteiger partial charge in [-0.05, 0) is 42.3 Å². The maximum Gasteiger partial charge on any atom is 0.124 e. The molecule has 20 heavy (non-hydrogen) atoms. The van der Waals surface area contributed by atoms with Crippen LogP contribution in [0, 0.1) is 12.7 Å². The van der Waals surface area contributed by atoms with Crippen LogP contribution in [0.5, 0.6) is 5.75 Å². The van der Waals surface area contributed by atoms with Gasteiger partial charge in [-0.15, -0.1) is 0 Å². The second-order valence-electron chi connectivity index (χ2n) is 4.49. The molecule has 0 radical (unpaired) electrons. The molecule has 3 N–H and O–H groups in total. The van der Waals surface area contributed by atoms with Crippen LogP contribution in [0.2, 0.25) is 0 Å². The van der Waals surface area contributed by atoms with Crippen molar-refractivity contribution in [1.82, 2.24) is 5.43 Å². The highest BCUT2D eigenvalue weighted by atomic mass is 79.9. The van der Waals surface area contributed by atoms with E-state index in [1.54, 1.807) is 13.2 Å². The van der Waals surface area contributed by atoms with Crippen molar-refractivity contribution in [3.8, 4) is 5.75 Å². The molecule has 1 unspecified atom stereocenters. The molecule has 106 valence electrons. The Morgan fingerprint density at radius 2 is 2.00 bits per heavy atom. The first-order valence-electron chi connectivity index (χ1n) is 6.12. The van der Waals surface area contributed by atoms with E-state index >= 15 is 0 Å². The summed E-state index contributed by atoms with van der Waals surface area (Å²) >= 11 is 3.49. The van der Waals surface area contributed by atoms with Gasteiger partial charge >= 0.3 is 0 Å². The summed E-state index contributed by atoms with van der Waals surface area (Å²) in [5.41, 5.74) is 5.42. The van der Waals surface area contributed by atoms with Crippen molar-refractivity contribution in [3.63, 3.8) is 0 Å². The SMILES string of the molecule is COc1ccc(F)cc1C(NN)c1ccc(C)c(Br)c1. The Labute approximate surface area is 126 Å². The van der Waals surface area contributed by atoms with Crippen LogP contribution in [0.1, 0.15) is 22.7 Å². The lowest BCUT2D eigenvalue weighted by Gasteiger charge is -2.20. The van der Waals surface area contributed by atoms with Crippen LogP contribution in [-0.4, -0.2) is 7.11 Å². The lowest BCUT2D eigenvalue weighted by Crippen LogP contribution is -2.29. The maximum absolute atomic E-state index is 13.5. The molecule has 2 aromatic rings. The van der Waals surface area contributed by atoms with E-state index in [1.807, 2.05) is 25.1 Å². The largest absolute Gasteiger partial charge is 0.496 e. The van der Waals surface area contributed by atoms with Gasteiger partial charge in [0, 0.05) is 10.0 Å². The number of nitrogens with one attached hydrogen (secondary N) is 1. The van der Waals surface area contributed by atoms with Crippen LogP contribution < -0.4 is 16.0 Å². The van der Waals surface area contributed by atoms with Crippen molar-refractivity contribution in [2.75, 3.05) is 7.11 Å². The molecule has 2 aromatic carbocycles. The molecule has 0 saturated carbocycles. The topological polar surface area (TPSA) is 47.3 Å². The lowest BCUT2D eigenvalue weighted by atomic mass is 9.97. The first kappa shape index (κ1) is 15.0. The average Bonchev–Trinajstić information content (AvgIpc) is 2.44. The van der Waals surface area contributed by atoms with Crippen LogP contribution in [-0.2, 0) is 0 Å². The van der Waals surface area contributed by atoms with Gasteiger partial charge in [-0.3, -0.25) is 5.84 Å². The van der Waals surface area contributed by atoms with E-state index in [9.17, 15) is 4.39 Å². The molecule has 0 amide bonds. The van der Waals surface area contributed by atoms with Crippen molar-refractivity contribution < 1.29 is 9.13 Å².